The van der Waals surface area contributed by atoms with E-state index in [1.807, 2.05) is 0 Å². The number of hydrogen-bond acceptors (Lipinski definition) is 3. The summed E-state index contributed by atoms with van der Waals surface area (Å²) in [7, 11) is 0. The second-order valence-corrected chi connectivity index (χ2v) is 4.90. The summed E-state index contributed by atoms with van der Waals surface area (Å²) in [5.74, 6) is 2.48. The smallest absolute Gasteiger partial charge is 0.234 e. The molecular weight excluding hydrogens is 214 g/mol. The normalized spacial score (nSPS) is 25.9. The van der Waals surface area contributed by atoms with Gasteiger partial charge >= 0.3 is 0 Å². The first-order valence-electron chi connectivity index (χ1n) is 6.46. The van der Waals surface area contributed by atoms with Crippen LogP contribution in [-0.4, -0.2) is 61.0 Å². The third-order valence-electron chi connectivity index (χ3n) is 3.64. The van der Waals surface area contributed by atoms with Crippen molar-refractivity contribution in [2.75, 3.05) is 39.3 Å². The van der Waals surface area contributed by atoms with Crippen LogP contribution in [0.3, 0.4) is 0 Å². The summed E-state index contributed by atoms with van der Waals surface area (Å²) < 4.78 is 0. The van der Waals surface area contributed by atoms with Gasteiger partial charge in [-0.3, -0.25) is 14.6 Å². The van der Waals surface area contributed by atoms with E-state index in [9.17, 15) is 4.79 Å². The fourth-order valence-corrected chi connectivity index (χ4v) is 2.84. The Morgan fingerprint density at radius 1 is 1.35 bits per heavy atom. The van der Waals surface area contributed by atoms with Crippen LogP contribution in [-0.2, 0) is 4.79 Å². The minimum atomic E-state index is 0.0504. The number of rotatable bonds is 3. The summed E-state index contributed by atoms with van der Waals surface area (Å²) in [5.41, 5.74) is 0. The fraction of sp³-hybridized carbons (Fsp3) is 0.769. The lowest BCUT2D eigenvalue weighted by molar-refractivity contribution is -0.122. The molecule has 4 heteroatoms. The average Bonchev–Trinajstić information content (AvgIpc) is 2.66. The van der Waals surface area contributed by atoms with Crippen LogP contribution in [0.25, 0.3) is 0 Å². The molecule has 94 valence electrons. The quantitative estimate of drug-likeness (QED) is 0.694. The molecule has 0 aromatic heterocycles. The second kappa shape index (κ2) is 6.04. The predicted molar refractivity (Wildman–Crippen MR) is 67.5 cm³/mol. The zero-order valence-corrected chi connectivity index (χ0v) is 10.3. The molecule has 1 unspecified atom stereocenters. The van der Waals surface area contributed by atoms with Crippen molar-refractivity contribution in [3.8, 4) is 12.3 Å². The van der Waals surface area contributed by atoms with E-state index in [0.29, 0.717) is 19.1 Å². The summed E-state index contributed by atoms with van der Waals surface area (Å²) in [4.78, 5) is 16.4. The number of hydrogen-bond donors (Lipinski definition) is 1. The monoisotopic (exact) mass is 235 g/mol. The van der Waals surface area contributed by atoms with Gasteiger partial charge in [0.1, 0.15) is 0 Å². The highest BCUT2D eigenvalue weighted by Crippen LogP contribution is 2.20. The van der Waals surface area contributed by atoms with Crippen molar-refractivity contribution >= 4 is 5.91 Å². The highest BCUT2D eigenvalue weighted by molar-refractivity contribution is 5.78. The van der Waals surface area contributed by atoms with E-state index in [0.717, 1.165) is 13.1 Å². The van der Waals surface area contributed by atoms with Crippen LogP contribution in [0.15, 0.2) is 0 Å². The van der Waals surface area contributed by atoms with Gasteiger partial charge in [-0.25, -0.2) is 0 Å². The van der Waals surface area contributed by atoms with Gasteiger partial charge in [-0.05, 0) is 38.9 Å². The minimum absolute atomic E-state index is 0.0504. The predicted octanol–water partition coefficient (Wildman–Crippen LogP) is -0.0941. The number of terminal acetylenes is 1. The lowest BCUT2D eigenvalue weighted by atomic mass is 10.2. The Balaban J connectivity index is 1.80. The average molecular weight is 235 g/mol. The summed E-state index contributed by atoms with van der Waals surface area (Å²) in [5, 5.41) is 2.73. The number of carbonyl (C=O) groups is 1. The Labute approximate surface area is 103 Å². The maximum absolute atomic E-state index is 11.6. The molecule has 0 saturated carbocycles. The highest BCUT2D eigenvalue weighted by Gasteiger charge is 2.29. The lowest BCUT2D eigenvalue weighted by Gasteiger charge is -2.24. The molecular formula is C13H21N3O. The molecule has 0 bridgehead atoms. The van der Waals surface area contributed by atoms with E-state index in [2.05, 4.69) is 21.0 Å². The number of fused-ring (bicyclic) bond motifs is 1. The van der Waals surface area contributed by atoms with Gasteiger partial charge in [-0.15, -0.1) is 6.42 Å². The maximum Gasteiger partial charge on any atom is 0.234 e. The molecule has 0 aromatic carbocycles. The van der Waals surface area contributed by atoms with Crippen molar-refractivity contribution in [2.45, 2.75) is 25.3 Å². The third kappa shape index (κ3) is 3.45. The van der Waals surface area contributed by atoms with Crippen molar-refractivity contribution in [2.24, 2.45) is 0 Å². The molecule has 2 rings (SSSR count). The maximum atomic E-state index is 11.6. The first-order valence-corrected chi connectivity index (χ1v) is 6.46. The van der Waals surface area contributed by atoms with Gasteiger partial charge in [0, 0.05) is 12.6 Å². The first-order chi connectivity index (χ1) is 8.29. The van der Waals surface area contributed by atoms with E-state index in [4.69, 9.17) is 6.42 Å². The van der Waals surface area contributed by atoms with E-state index < -0.39 is 0 Å². The van der Waals surface area contributed by atoms with Crippen molar-refractivity contribution in [1.82, 2.24) is 15.1 Å². The van der Waals surface area contributed by atoms with Gasteiger partial charge in [0.05, 0.1) is 13.1 Å². The largest absolute Gasteiger partial charge is 0.344 e. The van der Waals surface area contributed by atoms with Gasteiger partial charge in [-0.2, -0.15) is 0 Å². The van der Waals surface area contributed by atoms with Crippen LogP contribution in [0.1, 0.15) is 19.3 Å². The van der Waals surface area contributed by atoms with Crippen LogP contribution in [0.4, 0.5) is 0 Å². The Hall–Kier alpha value is -1.05. The van der Waals surface area contributed by atoms with Crippen molar-refractivity contribution in [3.63, 3.8) is 0 Å². The van der Waals surface area contributed by atoms with Crippen LogP contribution in [0.2, 0.25) is 0 Å². The molecule has 1 amide bonds. The Morgan fingerprint density at radius 3 is 3.00 bits per heavy atom. The van der Waals surface area contributed by atoms with E-state index in [1.165, 1.54) is 32.4 Å². The summed E-state index contributed by atoms with van der Waals surface area (Å²) >= 11 is 0. The van der Waals surface area contributed by atoms with Crippen LogP contribution >= 0.6 is 0 Å². The van der Waals surface area contributed by atoms with E-state index >= 15 is 0 Å². The van der Waals surface area contributed by atoms with Crippen molar-refractivity contribution < 1.29 is 4.79 Å². The van der Waals surface area contributed by atoms with Crippen molar-refractivity contribution in [3.05, 3.63) is 0 Å². The molecule has 0 aliphatic carbocycles. The molecule has 17 heavy (non-hydrogen) atoms. The Morgan fingerprint density at radius 2 is 2.18 bits per heavy atom. The topological polar surface area (TPSA) is 35.6 Å². The zero-order valence-electron chi connectivity index (χ0n) is 10.3. The molecule has 2 saturated heterocycles. The first kappa shape index (κ1) is 12.4. The van der Waals surface area contributed by atoms with Gasteiger partial charge in [0.15, 0.2) is 0 Å². The molecule has 2 fully saturated rings. The van der Waals surface area contributed by atoms with Gasteiger partial charge < -0.3 is 5.32 Å². The SMILES string of the molecule is C#CCNC(=O)CN1CCCN2CCCC2C1. The number of nitrogens with zero attached hydrogens (tertiary/aromatic N) is 2. The molecule has 2 heterocycles. The lowest BCUT2D eigenvalue weighted by Crippen LogP contribution is -2.42. The molecule has 2 aliphatic rings. The van der Waals surface area contributed by atoms with Gasteiger partial charge in [-0.1, -0.05) is 5.92 Å². The van der Waals surface area contributed by atoms with Gasteiger partial charge in [0.25, 0.3) is 0 Å². The second-order valence-electron chi connectivity index (χ2n) is 4.90. The Kier molecular flexibility index (Phi) is 4.41. The molecule has 0 spiro atoms. The third-order valence-corrected chi connectivity index (χ3v) is 3.64. The standard InChI is InChI=1S/C13H21N3O/c1-2-6-14-13(17)11-15-7-4-9-16-8-3-5-12(16)10-15/h1,12H,3-11H2,(H,14,17). The number of amides is 1. The van der Waals surface area contributed by atoms with Crippen LogP contribution < -0.4 is 5.32 Å². The summed E-state index contributed by atoms with van der Waals surface area (Å²) in [6.45, 7) is 5.31. The Bertz CT molecular complexity index is 310. The fourth-order valence-electron chi connectivity index (χ4n) is 2.84. The van der Waals surface area contributed by atoms with Crippen LogP contribution in [0.5, 0.6) is 0 Å². The summed E-state index contributed by atoms with van der Waals surface area (Å²) in [6, 6.07) is 0.665. The number of carbonyl (C=O) groups excluding carboxylic acids is 1. The van der Waals surface area contributed by atoms with Crippen molar-refractivity contribution in [1.29, 1.82) is 0 Å². The molecule has 2 aliphatic heterocycles. The minimum Gasteiger partial charge on any atom is -0.344 e. The number of nitrogens with one attached hydrogen (secondary N) is 1. The molecule has 0 aromatic rings. The molecule has 4 nitrogen and oxygen atoms in total. The van der Waals surface area contributed by atoms with E-state index in [-0.39, 0.29) is 5.91 Å². The zero-order chi connectivity index (χ0) is 12.1. The molecule has 0 radical (unpaired) electrons. The van der Waals surface area contributed by atoms with E-state index in [1.54, 1.807) is 0 Å². The van der Waals surface area contributed by atoms with Crippen LogP contribution in [0, 0.1) is 12.3 Å². The molecule has 1 N–H and O–H groups in total. The highest BCUT2D eigenvalue weighted by atomic mass is 16.2. The molecule has 1 atom stereocenters. The van der Waals surface area contributed by atoms with Gasteiger partial charge in [0.2, 0.25) is 5.91 Å². The summed E-state index contributed by atoms with van der Waals surface area (Å²) in [6.07, 6.45) is 8.87.